The Kier molecular flexibility index (Phi) is 4.61. The maximum atomic E-state index is 12.3. The Morgan fingerprint density at radius 3 is 2.88 bits per heavy atom. The third-order valence-electron chi connectivity index (χ3n) is 4.39. The molecule has 0 aromatic carbocycles. The van der Waals surface area contributed by atoms with Gasteiger partial charge in [-0.1, -0.05) is 13.3 Å². The highest BCUT2D eigenvalue weighted by molar-refractivity contribution is 5.99. The number of rotatable bonds is 5. The fourth-order valence-corrected chi connectivity index (χ4v) is 2.99. The first kappa shape index (κ1) is 16.6. The monoisotopic (exact) mass is 335 g/mol. The van der Waals surface area contributed by atoms with Crippen LogP contribution in [0, 0.1) is 0 Å². The quantitative estimate of drug-likeness (QED) is 0.792. The second-order valence-corrected chi connectivity index (χ2v) is 6.19. The Morgan fingerprint density at radius 1 is 1.42 bits per heavy atom. The average Bonchev–Trinajstić information content (AvgIpc) is 2.96. The van der Waals surface area contributed by atoms with Gasteiger partial charge in [-0.25, -0.2) is 9.80 Å². The first-order chi connectivity index (χ1) is 11.5. The molecule has 9 heteroatoms. The zero-order valence-electron chi connectivity index (χ0n) is 14.4. The molecule has 1 unspecified atom stereocenters. The highest BCUT2D eigenvalue weighted by Gasteiger charge is 2.38. The molecular formula is C15H25N7O2. The molecule has 0 bridgehead atoms. The number of fused-ring (bicyclic) bond motifs is 1. The van der Waals surface area contributed by atoms with Gasteiger partial charge in [-0.3, -0.25) is 5.32 Å². The van der Waals surface area contributed by atoms with Crippen molar-refractivity contribution in [3.63, 3.8) is 0 Å². The van der Waals surface area contributed by atoms with Crippen molar-refractivity contribution in [1.29, 1.82) is 0 Å². The van der Waals surface area contributed by atoms with E-state index >= 15 is 0 Å². The molecule has 1 atom stereocenters. The first-order valence-corrected chi connectivity index (χ1v) is 8.44. The number of nitrogens with two attached hydrogens (primary N) is 1. The Balaban J connectivity index is 1.97. The topological polar surface area (TPSA) is 99.8 Å². The average molecular weight is 335 g/mol. The van der Waals surface area contributed by atoms with E-state index in [0.717, 1.165) is 32.2 Å². The van der Waals surface area contributed by atoms with Crippen LogP contribution in [-0.4, -0.2) is 52.3 Å². The van der Waals surface area contributed by atoms with Crippen molar-refractivity contribution < 1.29 is 9.53 Å². The van der Waals surface area contributed by atoms with Crippen molar-refractivity contribution in [2.45, 2.75) is 45.6 Å². The van der Waals surface area contributed by atoms with Gasteiger partial charge in [-0.05, 0) is 26.2 Å². The molecule has 3 N–H and O–H groups in total. The van der Waals surface area contributed by atoms with E-state index in [9.17, 15) is 4.79 Å². The zero-order valence-corrected chi connectivity index (χ0v) is 14.4. The van der Waals surface area contributed by atoms with Gasteiger partial charge in [-0.15, -0.1) is 0 Å². The minimum absolute atomic E-state index is 0.213. The fraction of sp³-hybridized carbons (Fsp3) is 0.667. The van der Waals surface area contributed by atoms with E-state index in [-0.39, 0.29) is 17.9 Å². The molecule has 24 heavy (non-hydrogen) atoms. The lowest BCUT2D eigenvalue weighted by Gasteiger charge is -2.44. The van der Waals surface area contributed by atoms with Crippen molar-refractivity contribution >= 4 is 23.4 Å². The molecule has 0 aliphatic carbocycles. The molecular weight excluding hydrogens is 310 g/mol. The van der Waals surface area contributed by atoms with Crippen molar-refractivity contribution in [1.82, 2.24) is 20.0 Å². The molecule has 1 aromatic rings. The number of ether oxygens (including phenoxy) is 1. The van der Waals surface area contributed by atoms with Crippen LogP contribution in [0.25, 0.3) is 0 Å². The third kappa shape index (κ3) is 2.91. The second-order valence-electron chi connectivity index (χ2n) is 6.19. The van der Waals surface area contributed by atoms with E-state index in [0.29, 0.717) is 24.2 Å². The number of hydrogen-bond acceptors (Lipinski definition) is 7. The molecule has 2 aliphatic heterocycles. The van der Waals surface area contributed by atoms with Gasteiger partial charge in [0.15, 0.2) is 11.6 Å². The summed E-state index contributed by atoms with van der Waals surface area (Å²) in [6.45, 7) is 5.62. The molecule has 0 spiro atoms. The fourth-order valence-electron chi connectivity index (χ4n) is 2.99. The van der Waals surface area contributed by atoms with Crippen LogP contribution >= 0.6 is 0 Å². The second kappa shape index (κ2) is 6.68. The molecule has 3 rings (SSSR count). The SMILES string of the molecule is CCCCOc1nc(N)c2c(n1)N(N1CCCC1C)N(C)C(=O)N2. The van der Waals surface area contributed by atoms with Crippen LogP contribution < -0.4 is 20.9 Å². The van der Waals surface area contributed by atoms with E-state index in [1.165, 1.54) is 5.01 Å². The van der Waals surface area contributed by atoms with E-state index in [4.69, 9.17) is 10.5 Å². The summed E-state index contributed by atoms with van der Waals surface area (Å²) < 4.78 is 5.61. The van der Waals surface area contributed by atoms with Gasteiger partial charge >= 0.3 is 12.0 Å². The number of urea groups is 1. The van der Waals surface area contributed by atoms with Crippen molar-refractivity contribution in [3.8, 4) is 6.01 Å². The largest absolute Gasteiger partial charge is 0.463 e. The lowest BCUT2D eigenvalue weighted by molar-refractivity contribution is 0.125. The minimum atomic E-state index is -0.267. The lowest BCUT2D eigenvalue weighted by atomic mass is 10.3. The maximum Gasteiger partial charge on any atom is 0.341 e. The summed E-state index contributed by atoms with van der Waals surface area (Å²) in [6.07, 6.45) is 4.09. The van der Waals surface area contributed by atoms with Crippen LogP contribution in [0.5, 0.6) is 6.01 Å². The number of carbonyl (C=O) groups is 1. The van der Waals surface area contributed by atoms with Crippen LogP contribution in [0.1, 0.15) is 39.5 Å². The molecule has 0 radical (unpaired) electrons. The predicted molar refractivity (Wildman–Crippen MR) is 91.5 cm³/mol. The number of carbonyl (C=O) groups excluding carboxylic acids is 1. The van der Waals surface area contributed by atoms with Crippen LogP contribution in [0.15, 0.2) is 0 Å². The number of anilines is 3. The van der Waals surface area contributed by atoms with E-state index in [1.807, 2.05) is 0 Å². The third-order valence-corrected chi connectivity index (χ3v) is 4.39. The summed E-state index contributed by atoms with van der Waals surface area (Å²) in [5.41, 5.74) is 6.47. The van der Waals surface area contributed by atoms with Gasteiger partial charge in [0.25, 0.3) is 0 Å². The predicted octanol–water partition coefficient (Wildman–Crippen LogP) is 1.84. The Morgan fingerprint density at radius 2 is 2.21 bits per heavy atom. The number of nitrogens with one attached hydrogen (secondary N) is 1. The standard InChI is InChI=1S/C15H25N7O2/c1-4-5-9-24-14-18-12(16)11-13(19-14)22(20(3)15(23)17-11)21-8-6-7-10(21)2/h10H,4-9H2,1-3H3,(H,17,23)(H2,16,18,19). The number of hydrogen-bond donors (Lipinski definition) is 2. The van der Waals surface area contributed by atoms with Gasteiger partial charge in [0, 0.05) is 19.6 Å². The number of amides is 2. The molecule has 1 aromatic heterocycles. The van der Waals surface area contributed by atoms with Gasteiger partial charge in [-0.2, -0.15) is 20.1 Å². The highest BCUT2D eigenvalue weighted by atomic mass is 16.5. The van der Waals surface area contributed by atoms with Crippen molar-refractivity contribution in [2.75, 3.05) is 36.4 Å². The maximum absolute atomic E-state index is 12.3. The number of aromatic nitrogens is 2. The Hall–Kier alpha value is -2.29. The van der Waals surface area contributed by atoms with E-state index < -0.39 is 0 Å². The summed E-state index contributed by atoms with van der Waals surface area (Å²) in [4.78, 5) is 21.0. The van der Waals surface area contributed by atoms with Gasteiger partial charge in [0.05, 0.1) is 6.61 Å². The Bertz CT molecular complexity index is 624. The number of unbranched alkanes of at least 4 members (excludes halogenated alkanes) is 1. The number of nitrogens with zero attached hydrogens (tertiary/aromatic N) is 5. The van der Waals surface area contributed by atoms with E-state index in [1.54, 1.807) is 12.2 Å². The van der Waals surface area contributed by atoms with Crippen LogP contribution in [-0.2, 0) is 0 Å². The zero-order chi connectivity index (χ0) is 17.3. The normalized spacial score (nSPS) is 21.0. The summed E-state index contributed by atoms with van der Waals surface area (Å²) in [6, 6.07) is 0.282. The minimum Gasteiger partial charge on any atom is -0.463 e. The molecule has 0 saturated carbocycles. The Labute approximate surface area is 141 Å². The molecule has 2 amide bonds. The smallest absolute Gasteiger partial charge is 0.341 e. The van der Waals surface area contributed by atoms with Crippen molar-refractivity contribution in [3.05, 3.63) is 0 Å². The van der Waals surface area contributed by atoms with Crippen LogP contribution in [0.3, 0.4) is 0 Å². The van der Waals surface area contributed by atoms with Crippen LogP contribution in [0.2, 0.25) is 0 Å². The number of hydrazine groups is 2. The van der Waals surface area contributed by atoms with Gasteiger partial charge < -0.3 is 10.5 Å². The summed E-state index contributed by atoms with van der Waals surface area (Å²) in [5, 5.41) is 8.17. The van der Waals surface area contributed by atoms with E-state index in [2.05, 4.69) is 34.1 Å². The molecule has 132 valence electrons. The molecule has 1 fully saturated rings. The molecule has 3 heterocycles. The summed E-state index contributed by atoms with van der Waals surface area (Å²) in [7, 11) is 1.71. The highest BCUT2D eigenvalue weighted by Crippen LogP contribution is 2.37. The molecule has 2 aliphatic rings. The summed E-state index contributed by atoms with van der Waals surface area (Å²) >= 11 is 0. The molecule has 9 nitrogen and oxygen atoms in total. The van der Waals surface area contributed by atoms with Crippen molar-refractivity contribution in [2.24, 2.45) is 0 Å². The van der Waals surface area contributed by atoms with Crippen LogP contribution in [0.4, 0.5) is 22.1 Å². The van der Waals surface area contributed by atoms with Gasteiger partial charge in [0.2, 0.25) is 0 Å². The number of nitrogen functional groups attached to an aromatic ring is 1. The first-order valence-electron chi connectivity index (χ1n) is 8.44. The summed E-state index contributed by atoms with van der Waals surface area (Å²) in [5.74, 6) is 0.759. The lowest BCUT2D eigenvalue weighted by Crippen LogP contribution is -2.59. The molecule has 1 saturated heterocycles. The van der Waals surface area contributed by atoms with Gasteiger partial charge in [0.1, 0.15) is 5.69 Å².